The molecule has 2 nitrogen and oxygen atoms in total. The van der Waals surface area contributed by atoms with Gasteiger partial charge in [0.1, 0.15) is 12.4 Å². The predicted molar refractivity (Wildman–Crippen MR) is 77.2 cm³/mol. The molecule has 0 aliphatic rings. The third kappa shape index (κ3) is 4.76. The number of rotatable bonds is 7. The van der Waals surface area contributed by atoms with Crippen LogP contribution in [0, 0.1) is 0 Å². The monoisotopic (exact) mass is 256 g/mol. The Morgan fingerprint density at radius 2 is 1.47 bits per heavy atom. The van der Waals surface area contributed by atoms with Crippen molar-refractivity contribution in [2.75, 3.05) is 6.61 Å². The highest BCUT2D eigenvalue weighted by molar-refractivity contribution is 5.27. The molecule has 2 aromatic carbocycles. The summed E-state index contributed by atoms with van der Waals surface area (Å²) >= 11 is 0. The van der Waals surface area contributed by atoms with Gasteiger partial charge in [0.25, 0.3) is 0 Å². The minimum Gasteiger partial charge on any atom is -0.489 e. The lowest BCUT2D eigenvalue weighted by molar-refractivity contribution is 0.121. The summed E-state index contributed by atoms with van der Waals surface area (Å²) in [5.74, 6) is 0.892. The van der Waals surface area contributed by atoms with Gasteiger partial charge in [-0.3, -0.25) is 0 Å². The minimum absolute atomic E-state index is 0.604. The van der Waals surface area contributed by atoms with Gasteiger partial charge in [-0.2, -0.15) is 0 Å². The van der Waals surface area contributed by atoms with E-state index in [2.05, 4.69) is 31.2 Å². The van der Waals surface area contributed by atoms with E-state index in [0.29, 0.717) is 13.2 Å². The van der Waals surface area contributed by atoms with Crippen molar-refractivity contribution in [1.29, 1.82) is 0 Å². The average molecular weight is 256 g/mol. The van der Waals surface area contributed by atoms with Gasteiger partial charge in [0, 0.05) is 6.61 Å². The quantitative estimate of drug-likeness (QED) is 0.691. The molecule has 0 aliphatic heterocycles. The third-order valence-corrected chi connectivity index (χ3v) is 2.79. The Balaban J connectivity index is 1.81. The summed E-state index contributed by atoms with van der Waals surface area (Å²) in [6.45, 7) is 4.20. The van der Waals surface area contributed by atoms with E-state index in [-0.39, 0.29) is 0 Å². The van der Waals surface area contributed by atoms with Crippen molar-refractivity contribution < 1.29 is 9.47 Å². The van der Waals surface area contributed by atoms with Gasteiger partial charge in [-0.05, 0) is 29.7 Å². The van der Waals surface area contributed by atoms with Crippen molar-refractivity contribution in [2.24, 2.45) is 0 Å². The molecule has 2 aromatic rings. The van der Waals surface area contributed by atoms with E-state index >= 15 is 0 Å². The highest BCUT2D eigenvalue weighted by atomic mass is 16.5. The van der Waals surface area contributed by atoms with Crippen LogP contribution in [-0.4, -0.2) is 6.61 Å². The molecule has 0 aliphatic carbocycles. The van der Waals surface area contributed by atoms with Crippen molar-refractivity contribution in [3.63, 3.8) is 0 Å². The Kier molecular flexibility index (Phi) is 5.45. The second-order valence-electron chi connectivity index (χ2n) is 4.47. The fourth-order valence-electron chi connectivity index (χ4n) is 1.76. The topological polar surface area (TPSA) is 18.5 Å². The molecule has 0 saturated carbocycles. The van der Waals surface area contributed by atoms with Crippen LogP contribution in [0.1, 0.15) is 24.5 Å². The molecule has 0 unspecified atom stereocenters. The number of hydrogen-bond donors (Lipinski definition) is 0. The smallest absolute Gasteiger partial charge is 0.119 e. The van der Waals surface area contributed by atoms with Gasteiger partial charge in [0.05, 0.1) is 6.61 Å². The molecule has 19 heavy (non-hydrogen) atoms. The zero-order chi connectivity index (χ0) is 13.3. The van der Waals surface area contributed by atoms with Gasteiger partial charge in [0.15, 0.2) is 0 Å². The SMILES string of the molecule is CCCOCc1ccc(OCc2ccccc2)cc1. The van der Waals surface area contributed by atoms with E-state index in [9.17, 15) is 0 Å². The summed E-state index contributed by atoms with van der Waals surface area (Å²) in [7, 11) is 0. The van der Waals surface area contributed by atoms with Crippen molar-refractivity contribution in [3.8, 4) is 5.75 Å². The Morgan fingerprint density at radius 3 is 2.16 bits per heavy atom. The van der Waals surface area contributed by atoms with Crippen molar-refractivity contribution in [3.05, 3.63) is 65.7 Å². The van der Waals surface area contributed by atoms with Gasteiger partial charge >= 0.3 is 0 Å². The first-order valence-electron chi connectivity index (χ1n) is 6.72. The molecule has 0 bridgehead atoms. The number of benzene rings is 2. The van der Waals surface area contributed by atoms with Gasteiger partial charge in [-0.15, -0.1) is 0 Å². The van der Waals surface area contributed by atoms with E-state index < -0.39 is 0 Å². The van der Waals surface area contributed by atoms with Gasteiger partial charge < -0.3 is 9.47 Å². The molecule has 0 fully saturated rings. The molecule has 2 heteroatoms. The molecule has 0 radical (unpaired) electrons. The van der Waals surface area contributed by atoms with Gasteiger partial charge in [0.2, 0.25) is 0 Å². The van der Waals surface area contributed by atoms with Crippen LogP contribution in [0.5, 0.6) is 5.75 Å². The molecule has 0 heterocycles. The second-order valence-corrected chi connectivity index (χ2v) is 4.47. The summed E-state index contributed by atoms with van der Waals surface area (Å²) in [4.78, 5) is 0. The maximum absolute atomic E-state index is 5.73. The van der Waals surface area contributed by atoms with Crippen LogP contribution in [0.3, 0.4) is 0 Å². The normalized spacial score (nSPS) is 10.4. The molecular weight excluding hydrogens is 236 g/mol. The standard InChI is InChI=1S/C17H20O2/c1-2-12-18-13-16-8-10-17(11-9-16)19-14-15-6-4-3-5-7-15/h3-11H,2,12-14H2,1H3. The number of hydrogen-bond acceptors (Lipinski definition) is 2. The molecular formula is C17H20O2. The van der Waals surface area contributed by atoms with Crippen LogP contribution in [0.4, 0.5) is 0 Å². The Labute approximate surface area is 115 Å². The van der Waals surface area contributed by atoms with E-state index in [1.54, 1.807) is 0 Å². The maximum Gasteiger partial charge on any atom is 0.119 e. The summed E-state index contributed by atoms with van der Waals surface area (Å²) in [6, 6.07) is 18.3. The van der Waals surface area contributed by atoms with Crippen molar-refractivity contribution in [1.82, 2.24) is 0 Å². The first-order chi connectivity index (χ1) is 9.38. The van der Waals surface area contributed by atoms with Gasteiger partial charge in [-0.25, -0.2) is 0 Å². The highest BCUT2D eigenvalue weighted by Gasteiger charge is 1.97. The van der Waals surface area contributed by atoms with E-state index in [1.807, 2.05) is 30.3 Å². The Hall–Kier alpha value is -1.80. The summed E-state index contributed by atoms with van der Waals surface area (Å²) in [6.07, 6.45) is 1.05. The number of ether oxygens (including phenoxy) is 2. The summed E-state index contributed by atoms with van der Waals surface area (Å²) in [5.41, 5.74) is 2.36. The average Bonchev–Trinajstić information content (AvgIpc) is 2.48. The van der Waals surface area contributed by atoms with Crippen molar-refractivity contribution >= 4 is 0 Å². The van der Waals surface area contributed by atoms with Crippen LogP contribution in [0.2, 0.25) is 0 Å². The largest absolute Gasteiger partial charge is 0.489 e. The van der Waals surface area contributed by atoms with Crippen LogP contribution < -0.4 is 4.74 Å². The first-order valence-corrected chi connectivity index (χ1v) is 6.72. The fourth-order valence-corrected chi connectivity index (χ4v) is 1.76. The molecule has 2 rings (SSSR count). The second kappa shape index (κ2) is 7.59. The van der Waals surface area contributed by atoms with E-state index in [0.717, 1.165) is 18.8 Å². The first kappa shape index (κ1) is 13.6. The predicted octanol–water partition coefficient (Wildman–Crippen LogP) is 4.19. The van der Waals surface area contributed by atoms with E-state index in [1.165, 1.54) is 11.1 Å². The van der Waals surface area contributed by atoms with Crippen molar-refractivity contribution in [2.45, 2.75) is 26.6 Å². The minimum atomic E-state index is 0.604. The zero-order valence-corrected chi connectivity index (χ0v) is 11.3. The van der Waals surface area contributed by atoms with Crippen LogP contribution in [-0.2, 0) is 18.0 Å². The zero-order valence-electron chi connectivity index (χ0n) is 11.3. The lowest BCUT2D eigenvalue weighted by Gasteiger charge is -2.07. The van der Waals surface area contributed by atoms with Crippen LogP contribution >= 0.6 is 0 Å². The fraction of sp³-hybridized carbons (Fsp3) is 0.294. The molecule has 0 N–H and O–H groups in total. The lowest BCUT2D eigenvalue weighted by atomic mass is 10.2. The molecule has 100 valence electrons. The summed E-state index contributed by atoms with van der Waals surface area (Å²) in [5, 5.41) is 0. The maximum atomic E-state index is 5.73. The Morgan fingerprint density at radius 1 is 0.789 bits per heavy atom. The molecule has 0 saturated heterocycles. The Bertz CT molecular complexity index is 462. The van der Waals surface area contributed by atoms with Gasteiger partial charge in [-0.1, -0.05) is 49.4 Å². The van der Waals surface area contributed by atoms with Crippen LogP contribution in [0.15, 0.2) is 54.6 Å². The molecule has 0 amide bonds. The lowest BCUT2D eigenvalue weighted by Crippen LogP contribution is -1.96. The van der Waals surface area contributed by atoms with E-state index in [4.69, 9.17) is 9.47 Å². The highest BCUT2D eigenvalue weighted by Crippen LogP contribution is 2.14. The molecule has 0 aromatic heterocycles. The third-order valence-electron chi connectivity index (χ3n) is 2.79. The molecule has 0 spiro atoms. The van der Waals surface area contributed by atoms with Crippen LogP contribution in [0.25, 0.3) is 0 Å². The summed E-state index contributed by atoms with van der Waals surface area (Å²) < 4.78 is 11.2. The molecule has 0 atom stereocenters.